The molecule has 1 aliphatic rings. The maximum Gasteiger partial charge on any atom is 0.246 e. The minimum absolute atomic E-state index is 0.00202. The minimum atomic E-state index is -0.00202. The van der Waals surface area contributed by atoms with Gasteiger partial charge in [-0.1, -0.05) is 31.5 Å². The van der Waals surface area contributed by atoms with E-state index in [0.29, 0.717) is 42.1 Å². The van der Waals surface area contributed by atoms with Crippen LogP contribution in [0.5, 0.6) is 11.5 Å². The summed E-state index contributed by atoms with van der Waals surface area (Å²) in [5.74, 6) is 2.69. The van der Waals surface area contributed by atoms with Crippen molar-refractivity contribution in [3.05, 3.63) is 53.2 Å². The summed E-state index contributed by atoms with van der Waals surface area (Å²) in [6.45, 7) is 7.61. The van der Waals surface area contributed by atoms with Crippen LogP contribution >= 0.6 is 11.6 Å². The Kier molecular flexibility index (Phi) is 7.57. The number of ether oxygens (including phenoxy) is 2. The lowest BCUT2D eigenvalue weighted by atomic mass is 10.1. The summed E-state index contributed by atoms with van der Waals surface area (Å²) >= 11 is 5.90. The van der Waals surface area contributed by atoms with E-state index < -0.39 is 0 Å². The van der Waals surface area contributed by atoms with Crippen molar-refractivity contribution < 1.29 is 14.3 Å². The van der Waals surface area contributed by atoms with E-state index in [-0.39, 0.29) is 5.91 Å². The van der Waals surface area contributed by atoms with Gasteiger partial charge < -0.3 is 19.3 Å². The zero-order valence-electron chi connectivity index (χ0n) is 17.7. The van der Waals surface area contributed by atoms with Crippen molar-refractivity contribution in [2.75, 3.05) is 44.8 Å². The molecule has 0 saturated carbocycles. The van der Waals surface area contributed by atoms with Crippen molar-refractivity contribution >= 4 is 29.4 Å². The Morgan fingerprint density at radius 2 is 1.93 bits per heavy atom. The average Bonchev–Trinajstić information content (AvgIpc) is 2.76. The Labute approximate surface area is 183 Å². The number of carbonyl (C=O) groups is 1. The third-order valence-electron chi connectivity index (χ3n) is 4.81. The van der Waals surface area contributed by atoms with E-state index in [1.54, 1.807) is 19.4 Å². The molecular formula is C23H28ClN3O3. The van der Waals surface area contributed by atoms with Gasteiger partial charge in [0.1, 0.15) is 5.82 Å². The van der Waals surface area contributed by atoms with E-state index >= 15 is 0 Å². The first-order valence-electron chi connectivity index (χ1n) is 10.1. The van der Waals surface area contributed by atoms with Gasteiger partial charge in [0.25, 0.3) is 0 Å². The van der Waals surface area contributed by atoms with E-state index in [9.17, 15) is 4.79 Å². The van der Waals surface area contributed by atoms with Gasteiger partial charge in [0, 0.05) is 38.5 Å². The quantitative estimate of drug-likeness (QED) is 0.619. The highest BCUT2D eigenvalue weighted by Crippen LogP contribution is 2.29. The van der Waals surface area contributed by atoms with E-state index in [0.717, 1.165) is 24.5 Å². The Morgan fingerprint density at radius 3 is 2.57 bits per heavy atom. The molecular weight excluding hydrogens is 402 g/mol. The molecule has 0 unspecified atom stereocenters. The molecule has 30 heavy (non-hydrogen) atoms. The summed E-state index contributed by atoms with van der Waals surface area (Å²) in [5, 5.41) is 0.619. The summed E-state index contributed by atoms with van der Waals surface area (Å²) in [5.41, 5.74) is 0.890. The number of methoxy groups -OCH3 is 1. The van der Waals surface area contributed by atoms with Crippen LogP contribution in [0.25, 0.3) is 6.08 Å². The molecule has 0 aliphatic carbocycles. The number of benzene rings is 1. The molecule has 0 atom stereocenters. The third kappa shape index (κ3) is 5.89. The van der Waals surface area contributed by atoms with Gasteiger partial charge >= 0.3 is 0 Å². The molecule has 1 aromatic heterocycles. The first-order chi connectivity index (χ1) is 14.5. The van der Waals surface area contributed by atoms with Gasteiger partial charge in [-0.15, -0.1) is 0 Å². The smallest absolute Gasteiger partial charge is 0.246 e. The molecule has 7 heteroatoms. The van der Waals surface area contributed by atoms with E-state index in [1.165, 1.54) is 0 Å². The molecule has 1 amide bonds. The molecule has 6 nitrogen and oxygen atoms in total. The maximum absolute atomic E-state index is 12.6. The van der Waals surface area contributed by atoms with Gasteiger partial charge in [0.15, 0.2) is 11.5 Å². The molecule has 0 radical (unpaired) electrons. The fourth-order valence-corrected chi connectivity index (χ4v) is 3.26. The number of hydrogen-bond acceptors (Lipinski definition) is 5. The van der Waals surface area contributed by atoms with Gasteiger partial charge in [0.2, 0.25) is 5.91 Å². The highest BCUT2D eigenvalue weighted by Gasteiger charge is 2.20. The summed E-state index contributed by atoms with van der Waals surface area (Å²) in [6, 6.07) is 9.41. The standard InChI is InChI=1S/C23H28ClN3O3/c1-17(2)16-30-20-7-4-18(14-21(20)29-3)5-9-23(28)27-12-10-26(11-13-27)22-8-6-19(24)15-25-22/h4-9,14-15,17H,10-13,16H2,1-3H3/b9-5+. The van der Waals surface area contributed by atoms with E-state index in [2.05, 4.69) is 23.7 Å². The summed E-state index contributed by atoms with van der Waals surface area (Å²) in [7, 11) is 1.62. The maximum atomic E-state index is 12.6. The summed E-state index contributed by atoms with van der Waals surface area (Å²) in [6.07, 6.45) is 5.06. The van der Waals surface area contributed by atoms with Gasteiger partial charge in [-0.3, -0.25) is 4.79 Å². The van der Waals surface area contributed by atoms with Crippen LogP contribution < -0.4 is 14.4 Å². The molecule has 0 N–H and O–H groups in total. The third-order valence-corrected chi connectivity index (χ3v) is 5.03. The van der Waals surface area contributed by atoms with Crippen LogP contribution in [0.3, 0.4) is 0 Å². The second-order valence-electron chi connectivity index (χ2n) is 7.60. The Morgan fingerprint density at radius 1 is 1.17 bits per heavy atom. The highest BCUT2D eigenvalue weighted by atomic mass is 35.5. The largest absolute Gasteiger partial charge is 0.493 e. The second-order valence-corrected chi connectivity index (χ2v) is 8.03. The van der Waals surface area contributed by atoms with Crippen LogP contribution in [0.1, 0.15) is 19.4 Å². The van der Waals surface area contributed by atoms with E-state index in [4.69, 9.17) is 21.1 Å². The average molecular weight is 430 g/mol. The number of piperazine rings is 1. The molecule has 1 saturated heterocycles. The van der Waals surface area contributed by atoms with Crippen LogP contribution in [-0.2, 0) is 4.79 Å². The van der Waals surface area contributed by atoms with Crippen molar-refractivity contribution in [1.29, 1.82) is 0 Å². The first-order valence-corrected chi connectivity index (χ1v) is 10.5. The molecule has 1 fully saturated rings. The van der Waals surface area contributed by atoms with Crippen molar-refractivity contribution in [3.63, 3.8) is 0 Å². The number of rotatable bonds is 7. The monoisotopic (exact) mass is 429 g/mol. The molecule has 0 spiro atoms. The Balaban J connectivity index is 1.56. The number of aromatic nitrogens is 1. The normalized spacial score (nSPS) is 14.4. The van der Waals surface area contributed by atoms with Crippen LogP contribution in [0, 0.1) is 5.92 Å². The van der Waals surface area contributed by atoms with Crippen LogP contribution in [0.4, 0.5) is 5.82 Å². The SMILES string of the molecule is COc1cc(/C=C/C(=O)N2CCN(c3ccc(Cl)cn3)CC2)ccc1OCC(C)C. The highest BCUT2D eigenvalue weighted by molar-refractivity contribution is 6.30. The van der Waals surface area contributed by atoms with Crippen LogP contribution in [0.15, 0.2) is 42.6 Å². The van der Waals surface area contributed by atoms with Crippen molar-refractivity contribution in [2.45, 2.75) is 13.8 Å². The zero-order chi connectivity index (χ0) is 21.5. The van der Waals surface area contributed by atoms with Gasteiger partial charge in [-0.25, -0.2) is 4.98 Å². The van der Waals surface area contributed by atoms with Gasteiger partial charge in [-0.05, 0) is 41.8 Å². The molecule has 2 heterocycles. The fourth-order valence-electron chi connectivity index (χ4n) is 3.15. The molecule has 1 aliphatic heterocycles. The van der Waals surface area contributed by atoms with Crippen molar-refractivity contribution in [2.24, 2.45) is 5.92 Å². The van der Waals surface area contributed by atoms with Gasteiger partial charge in [0.05, 0.1) is 18.7 Å². The van der Waals surface area contributed by atoms with Crippen LogP contribution in [0.2, 0.25) is 5.02 Å². The number of carbonyl (C=O) groups excluding carboxylic acids is 1. The lowest BCUT2D eigenvalue weighted by Gasteiger charge is -2.34. The topological polar surface area (TPSA) is 54.9 Å². The lowest BCUT2D eigenvalue weighted by molar-refractivity contribution is -0.126. The molecule has 160 valence electrons. The van der Waals surface area contributed by atoms with Gasteiger partial charge in [-0.2, -0.15) is 0 Å². The predicted octanol–water partition coefficient (Wildman–Crippen LogP) is 4.14. The number of halogens is 1. The number of amides is 1. The number of nitrogens with zero attached hydrogens (tertiary/aromatic N) is 3. The second kappa shape index (κ2) is 10.3. The first kappa shape index (κ1) is 22.0. The van der Waals surface area contributed by atoms with Crippen molar-refractivity contribution in [3.8, 4) is 11.5 Å². The minimum Gasteiger partial charge on any atom is -0.493 e. The molecule has 1 aromatic carbocycles. The molecule has 3 rings (SSSR count). The van der Waals surface area contributed by atoms with E-state index in [1.807, 2.05) is 41.3 Å². The molecule has 0 bridgehead atoms. The number of pyridine rings is 1. The number of hydrogen-bond donors (Lipinski definition) is 0. The summed E-state index contributed by atoms with van der Waals surface area (Å²) < 4.78 is 11.2. The Bertz CT molecular complexity index is 876. The summed E-state index contributed by atoms with van der Waals surface area (Å²) in [4.78, 5) is 20.9. The number of anilines is 1. The fraction of sp³-hybridized carbons (Fsp3) is 0.391. The lowest BCUT2D eigenvalue weighted by Crippen LogP contribution is -2.48. The Hall–Kier alpha value is -2.73. The van der Waals surface area contributed by atoms with Crippen LogP contribution in [-0.4, -0.2) is 55.7 Å². The predicted molar refractivity (Wildman–Crippen MR) is 120 cm³/mol. The molecule has 2 aromatic rings. The zero-order valence-corrected chi connectivity index (χ0v) is 18.4. The van der Waals surface area contributed by atoms with Crippen molar-refractivity contribution in [1.82, 2.24) is 9.88 Å².